The van der Waals surface area contributed by atoms with Gasteiger partial charge in [0.25, 0.3) is 0 Å². The first-order valence-corrected chi connectivity index (χ1v) is 12.2. The zero-order valence-corrected chi connectivity index (χ0v) is 21.1. The molecule has 198 valence electrons. The van der Waals surface area contributed by atoms with Gasteiger partial charge in [0.1, 0.15) is 25.2 Å². The van der Waals surface area contributed by atoms with Crippen molar-refractivity contribution < 1.29 is 34.1 Å². The fourth-order valence-corrected chi connectivity index (χ4v) is 4.39. The number of benzene rings is 2. The van der Waals surface area contributed by atoms with E-state index in [-0.39, 0.29) is 18.4 Å². The molecule has 0 fully saturated rings. The number of amides is 3. The van der Waals surface area contributed by atoms with Crippen LogP contribution in [0.3, 0.4) is 0 Å². The molecule has 1 aliphatic carbocycles. The molecule has 0 aromatic heterocycles. The van der Waals surface area contributed by atoms with Gasteiger partial charge in [0.2, 0.25) is 11.8 Å². The number of hydrogen-bond donors (Lipinski definition) is 5. The Labute approximate surface area is 215 Å². The van der Waals surface area contributed by atoms with Crippen LogP contribution >= 0.6 is 0 Å². The molecule has 0 spiro atoms. The van der Waals surface area contributed by atoms with E-state index in [4.69, 9.17) is 9.84 Å². The van der Waals surface area contributed by atoms with Gasteiger partial charge >= 0.3 is 12.1 Å². The third kappa shape index (κ3) is 6.65. The van der Waals surface area contributed by atoms with Crippen molar-refractivity contribution in [3.05, 3.63) is 59.7 Å². The molecule has 0 aliphatic heterocycles. The van der Waals surface area contributed by atoms with Gasteiger partial charge in [-0.25, -0.2) is 4.79 Å². The second kappa shape index (κ2) is 12.4. The normalized spacial score (nSPS) is 15.4. The standard InChI is InChI=1S/C27H33N3O7/c1-4-15(2)23(26(35)29-24(16(3)31)25(34)28-13-22(32)33)30-27(36)37-14-21-19-11-7-5-9-17(19)18-10-6-8-12-20(18)21/h5-12,15-16,21,23-24,31H,4,13-14H2,1-3H3,(H,28,34)(H,29,35)(H,30,36)(H,32,33)/t15-,16+,23-,24-/m0/s1. The van der Waals surface area contributed by atoms with E-state index in [0.717, 1.165) is 22.3 Å². The molecule has 4 atom stereocenters. The zero-order chi connectivity index (χ0) is 27.1. The van der Waals surface area contributed by atoms with Crippen LogP contribution in [0, 0.1) is 5.92 Å². The summed E-state index contributed by atoms with van der Waals surface area (Å²) in [6.45, 7) is 4.31. The van der Waals surface area contributed by atoms with E-state index in [0.29, 0.717) is 6.42 Å². The van der Waals surface area contributed by atoms with E-state index in [2.05, 4.69) is 16.0 Å². The molecule has 0 radical (unpaired) electrons. The third-order valence-electron chi connectivity index (χ3n) is 6.59. The molecule has 10 nitrogen and oxygen atoms in total. The van der Waals surface area contributed by atoms with Crippen LogP contribution in [0.15, 0.2) is 48.5 Å². The minimum atomic E-state index is -1.40. The Hall–Kier alpha value is -3.92. The third-order valence-corrected chi connectivity index (χ3v) is 6.59. The molecule has 2 aromatic rings. The van der Waals surface area contributed by atoms with Gasteiger partial charge in [0, 0.05) is 5.92 Å². The summed E-state index contributed by atoms with van der Waals surface area (Å²) < 4.78 is 5.56. The highest BCUT2D eigenvalue weighted by atomic mass is 16.5. The second-order valence-corrected chi connectivity index (χ2v) is 9.17. The summed E-state index contributed by atoms with van der Waals surface area (Å²) in [5.74, 6) is -3.28. The number of carboxylic acids is 1. The van der Waals surface area contributed by atoms with Crippen molar-refractivity contribution in [3.63, 3.8) is 0 Å². The first kappa shape index (κ1) is 27.7. The fourth-order valence-electron chi connectivity index (χ4n) is 4.39. The van der Waals surface area contributed by atoms with Crippen LogP contribution in [-0.4, -0.2) is 65.4 Å². The Balaban J connectivity index is 1.67. The lowest BCUT2D eigenvalue weighted by Crippen LogP contribution is -2.59. The number of aliphatic hydroxyl groups is 1. The predicted octanol–water partition coefficient (Wildman–Crippen LogP) is 2.01. The van der Waals surface area contributed by atoms with E-state index < -0.39 is 48.6 Å². The maximum atomic E-state index is 13.0. The van der Waals surface area contributed by atoms with Gasteiger partial charge in [-0.3, -0.25) is 14.4 Å². The van der Waals surface area contributed by atoms with Crippen LogP contribution in [0.1, 0.15) is 44.2 Å². The highest BCUT2D eigenvalue weighted by Crippen LogP contribution is 2.44. The maximum Gasteiger partial charge on any atom is 0.407 e. The van der Waals surface area contributed by atoms with Crippen molar-refractivity contribution in [2.24, 2.45) is 5.92 Å². The van der Waals surface area contributed by atoms with Crippen LogP contribution in [0.4, 0.5) is 4.79 Å². The Kier molecular flexibility index (Phi) is 9.24. The molecule has 3 amide bonds. The van der Waals surface area contributed by atoms with Crippen molar-refractivity contribution >= 4 is 23.9 Å². The summed E-state index contributed by atoms with van der Waals surface area (Å²) in [6.07, 6.45) is -1.55. The van der Waals surface area contributed by atoms with E-state index in [1.807, 2.05) is 55.5 Å². The van der Waals surface area contributed by atoms with Gasteiger partial charge < -0.3 is 30.9 Å². The molecule has 2 aromatic carbocycles. The Morgan fingerprint density at radius 2 is 1.46 bits per heavy atom. The predicted molar refractivity (Wildman–Crippen MR) is 136 cm³/mol. The van der Waals surface area contributed by atoms with Crippen LogP contribution in [0.5, 0.6) is 0 Å². The zero-order valence-electron chi connectivity index (χ0n) is 21.1. The van der Waals surface area contributed by atoms with Crippen molar-refractivity contribution in [1.82, 2.24) is 16.0 Å². The lowest BCUT2D eigenvalue weighted by molar-refractivity contribution is -0.139. The Morgan fingerprint density at radius 3 is 1.97 bits per heavy atom. The molecule has 0 saturated heterocycles. The van der Waals surface area contributed by atoms with Crippen LogP contribution < -0.4 is 16.0 Å². The largest absolute Gasteiger partial charge is 0.480 e. The summed E-state index contributed by atoms with van der Waals surface area (Å²) in [5.41, 5.74) is 4.29. The number of nitrogens with one attached hydrogen (secondary N) is 3. The summed E-state index contributed by atoms with van der Waals surface area (Å²) in [7, 11) is 0. The van der Waals surface area contributed by atoms with Gasteiger partial charge in [-0.2, -0.15) is 0 Å². The van der Waals surface area contributed by atoms with Crippen LogP contribution in [-0.2, 0) is 19.1 Å². The molecule has 0 saturated carbocycles. The number of fused-ring (bicyclic) bond motifs is 3. The van der Waals surface area contributed by atoms with Gasteiger partial charge in [0.05, 0.1) is 6.10 Å². The molecule has 10 heteroatoms. The number of carbonyl (C=O) groups is 4. The molecule has 0 heterocycles. The van der Waals surface area contributed by atoms with E-state index >= 15 is 0 Å². The molecule has 3 rings (SSSR count). The lowest BCUT2D eigenvalue weighted by atomic mass is 9.97. The highest BCUT2D eigenvalue weighted by Gasteiger charge is 2.33. The Bertz CT molecular complexity index is 1100. The molecule has 1 aliphatic rings. The molecule has 0 unspecified atom stereocenters. The van der Waals surface area contributed by atoms with Gasteiger partial charge in [-0.05, 0) is 35.1 Å². The van der Waals surface area contributed by atoms with Crippen molar-refractivity contribution in [2.75, 3.05) is 13.2 Å². The van der Waals surface area contributed by atoms with E-state index in [1.165, 1.54) is 6.92 Å². The number of alkyl carbamates (subject to hydrolysis) is 1. The van der Waals surface area contributed by atoms with Gasteiger partial charge in [0.15, 0.2) is 0 Å². The minimum absolute atomic E-state index is 0.0720. The minimum Gasteiger partial charge on any atom is -0.480 e. The number of carboxylic acid groups (broad SMARTS) is 1. The molecular weight excluding hydrogens is 478 g/mol. The highest BCUT2D eigenvalue weighted by molar-refractivity contribution is 5.92. The first-order chi connectivity index (χ1) is 17.6. The van der Waals surface area contributed by atoms with E-state index in [9.17, 15) is 24.3 Å². The SMILES string of the molecule is CC[C@H](C)[C@H](NC(=O)OCC1c2ccccc2-c2ccccc21)C(=O)N[C@H](C(=O)NCC(=O)O)[C@@H](C)O. The number of carbonyl (C=O) groups excluding carboxylic acids is 3. The molecular formula is C27H33N3O7. The molecule has 37 heavy (non-hydrogen) atoms. The van der Waals surface area contributed by atoms with Crippen molar-refractivity contribution in [3.8, 4) is 11.1 Å². The van der Waals surface area contributed by atoms with Gasteiger partial charge in [-0.1, -0.05) is 68.8 Å². The number of ether oxygens (including phenoxy) is 1. The average molecular weight is 512 g/mol. The average Bonchev–Trinajstić information content (AvgIpc) is 3.20. The first-order valence-electron chi connectivity index (χ1n) is 12.2. The molecule has 0 bridgehead atoms. The quantitative estimate of drug-likeness (QED) is 0.309. The summed E-state index contributed by atoms with van der Waals surface area (Å²) in [4.78, 5) is 48.9. The Morgan fingerprint density at radius 1 is 0.892 bits per heavy atom. The lowest BCUT2D eigenvalue weighted by Gasteiger charge is -2.27. The van der Waals surface area contributed by atoms with Crippen LogP contribution in [0.25, 0.3) is 11.1 Å². The topological polar surface area (TPSA) is 154 Å². The summed E-state index contributed by atoms with van der Waals surface area (Å²) in [5, 5.41) is 25.9. The molecule has 5 N–H and O–H groups in total. The second-order valence-electron chi connectivity index (χ2n) is 9.17. The van der Waals surface area contributed by atoms with E-state index in [1.54, 1.807) is 6.92 Å². The van der Waals surface area contributed by atoms with Gasteiger partial charge in [-0.15, -0.1) is 0 Å². The summed E-state index contributed by atoms with van der Waals surface area (Å²) in [6, 6.07) is 13.4. The number of rotatable bonds is 11. The summed E-state index contributed by atoms with van der Waals surface area (Å²) >= 11 is 0. The fraction of sp³-hybridized carbons (Fsp3) is 0.407. The van der Waals surface area contributed by atoms with Crippen molar-refractivity contribution in [2.45, 2.75) is 51.3 Å². The number of hydrogen-bond acceptors (Lipinski definition) is 6. The monoisotopic (exact) mass is 511 g/mol. The van der Waals surface area contributed by atoms with Crippen LogP contribution in [0.2, 0.25) is 0 Å². The smallest absolute Gasteiger partial charge is 0.407 e. The van der Waals surface area contributed by atoms with Crippen molar-refractivity contribution in [1.29, 1.82) is 0 Å². The maximum absolute atomic E-state index is 13.0. The number of aliphatic hydroxyl groups excluding tert-OH is 1. The number of aliphatic carboxylic acids is 1.